The van der Waals surface area contributed by atoms with E-state index < -0.39 is 9.84 Å². The van der Waals surface area contributed by atoms with Gasteiger partial charge in [0.05, 0.1) is 12.3 Å². The number of nitrogens with zero attached hydrogens (tertiary/aromatic N) is 2. The van der Waals surface area contributed by atoms with Gasteiger partial charge in [-0.05, 0) is 0 Å². The second-order valence-electron chi connectivity index (χ2n) is 3.02. The molecule has 80 valence electrons. The van der Waals surface area contributed by atoms with Crippen molar-refractivity contribution in [2.24, 2.45) is 0 Å². The van der Waals surface area contributed by atoms with Crippen LogP contribution in [0.15, 0.2) is 4.42 Å². The molecule has 0 saturated heterocycles. The van der Waals surface area contributed by atoms with Crippen molar-refractivity contribution in [2.75, 3.05) is 18.6 Å². The highest BCUT2D eigenvalue weighted by Gasteiger charge is 2.03. The Bertz CT molecular complexity index is 385. The average molecular weight is 219 g/mol. The third-order valence-electron chi connectivity index (χ3n) is 1.49. The Balaban J connectivity index is 2.23. The molecule has 0 radical (unpaired) electrons. The quantitative estimate of drug-likeness (QED) is 0.673. The lowest BCUT2D eigenvalue weighted by atomic mass is 10.6. The average Bonchev–Trinajstić information content (AvgIpc) is 2.44. The summed E-state index contributed by atoms with van der Waals surface area (Å²) in [5.41, 5.74) is 0. The van der Waals surface area contributed by atoms with Gasteiger partial charge in [-0.2, -0.15) is 0 Å². The highest BCUT2D eigenvalue weighted by Crippen LogP contribution is 1.96. The minimum Gasteiger partial charge on any atom is -0.424 e. The van der Waals surface area contributed by atoms with E-state index in [0.717, 1.165) is 0 Å². The molecular formula is C7H13N3O3S. The first kappa shape index (κ1) is 11.1. The van der Waals surface area contributed by atoms with Crippen molar-refractivity contribution in [3.8, 4) is 0 Å². The lowest BCUT2D eigenvalue weighted by Crippen LogP contribution is -2.22. The van der Waals surface area contributed by atoms with Gasteiger partial charge in [0.1, 0.15) is 9.84 Å². The van der Waals surface area contributed by atoms with Crippen LogP contribution in [-0.2, 0) is 16.4 Å². The van der Waals surface area contributed by atoms with Crippen LogP contribution >= 0.6 is 0 Å². The molecule has 1 rings (SSSR count). The number of nitrogens with one attached hydrogen (secondary N) is 1. The molecule has 6 nitrogen and oxygen atoms in total. The number of aryl methyl sites for hydroxylation is 1. The summed E-state index contributed by atoms with van der Waals surface area (Å²) in [5, 5.41) is 10.3. The first-order chi connectivity index (χ1) is 6.47. The highest BCUT2D eigenvalue weighted by molar-refractivity contribution is 7.90. The molecule has 14 heavy (non-hydrogen) atoms. The summed E-state index contributed by atoms with van der Waals surface area (Å²) >= 11 is 0. The van der Waals surface area contributed by atoms with Gasteiger partial charge >= 0.3 is 0 Å². The smallest absolute Gasteiger partial charge is 0.230 e. The lowest BCUT2D eigenvalue weighted by molar-refractivity contribution is 0.450. The van der Waals surface area contributed by atoms with Crippen molar-refractivity contribution in [3.05, 3.63) is 11.8 Å². The molecule has 0 fully saturated rings. The van der Waals surface area contributed by atoms with E-state index in [4.69, 9.17) is 4.42 Å². The maximum absolute atomic E-state index is 10.8. The zero-order valence-electron chi connectivity index (χ0n) is 8.15. The van der Waals surface area contributed by atoms with Crippen molar-refractivity contribution >= 4 is 9.84 Å². The molecule has 0 aliphatic rings. The monoisotopic (exact) mass is 219 g/mol. The van der Waals surface area contributed by atoms with Crippen LogP contribution in [0.1, 0.15) is 11.8 Å². The van der Waals surface area contributed by atoms with Crippen LogP contribution in [0.2, 0.25) is 0 Å². The van der Waals surface area contributed by atoms with E-state index in [1.165, 1.54) is 6.26 Å². The molecule has 0 spiro atoms. The summed E-state index contributed by atoms with van der Waals surface area (Å²) in [6.07, 6.45) is 1.20. The van der Waals surface area contributed by atoms with E-state index in [1.54, 1.807) is 6.92 Å². The summed E-state index contributed by atoms with van der Waals surface area (Å²) in [6.45, 7) is 2.49. The Hall–Kier alpha value is -0.950. The fourth-order valence-corrected chi connectivity index (χ4v) is 1.38. The highest BCUT2D eigenvalue weighted by atomic mass is 32.2. The summed E-state index contributed by atoms with van der Waals surface area (Å²) in [4.78, 5) is 0. The topological polar surface area (TPSA) is 85.1 Å². The summed E-state index contributed by atoms with van der Waals surface area (Å²) in [5.74, 6) is 1.08. The van der Waals surface area contributed by atoms with Crippen LogP contribution in [0.5, 0.6) is 0 Å². The third kappa shape index (κ3) is 4.33. The minimum atomic E-state index is -2.90. The van der Waals surface area contributed by atoms with E-state index in [2.05, 4.69) is 15.5 Å². The van der Waals surface area contributed by atoms with Gasteiger partial charge in [0.2, 0.25) is 11.8 Å². The molecule has 0 aliphatic heterocycles. The maximum atomic E-state index is 10.8. The normalized spacial score (nSPS) is 11.9. The number of sulfone groups is 1. The van der Waals surface area contributed by atoms with Crippen LogP contribution < -0.4 is 5.32 Å². The van der Waals surface area contributed by atoms with Gasteiger partial charge in [-0.15, -0.1) is 10.2 Å². The number of hydrogen-bond donors (Lipinski definition) is 1. The Morgan fingerprint density at radius 2 is 2.14 bits per heavy atom. The third-order valence-corrected chi connectivity index (χ3v) is 2.44. The van der Waals surface area contributed by atoms with Gasteiger partial charge in [-0.25, -0.2) is 8.42 Å². The van der Waals surface area contributed by atoms with Gasteiger partial charge in [-0.1, -0.05) is 0 Å². The fourth-order valence-electron chi connectivity index (χ4n) is 0.862. The van der Waals surface area contributed by atoms with E-state index in [0.29, 0.717) is 24.9 Å². The van der Waals surface area contributed by atoms with Crippen LogP contribution in [0.3, 0.4) is 0 Å². The van der Waals surface area contributed by atoms with Crippen LogP contribution in [0.4, 0.5) is 0 Å². The standard InChI is InChI=1S/C7H13N3O3S/c1-6-9-10-7(13-6)5-8-3-4-14(2,11)12/h8H,3-5H2,1-2H3. The van der Waals surface area contributed by atoms with Crippen molar-refractivity contribution in [2.45, 2.75) is 13.5 Å². The van der Waals surface area contributed by atoms with Crippen molar-refractivity contribution in [3.63, 3.8) is 0 Å². The molecule has 0 aliphatic carbocycles. The van der Waals surface area contributed by atoms with E-state index in [-0.39, 0.29) is 5.75 Å². The van der Waals surface area contributed by atoms with Crippen molar-refractivity contribution < 1.29 is 12.8 Å². The number of hydrogen-bond acceptors (Lipinski definition) is 6. The molecule has 1 N–H and O–H groups in total. The van der Waals surface area contributed by atoms with Crippen LogP contribution in [0, 0.1) is 6.92 Å². The molecule has 1 heterocycles. The van der Waals surface area contributed by atoms with E-state index >= 15 is 0 Å². The molecule has 1 aromatic rings. The van der Waals surface area contributed by atoms with Gasteiger partial charge in [-0.3, -0.25) is 0 Å². The number of rotatable bonds is 5. The van der Waals surface area contributed by atoms with E-state index in [1.807, 2.05) is 0 Å². The second-order valence-corrected chi connectivity index (χ2v) is 5.28. The van der Waals surface area contributed by atoms with Crippen molar-refractivity contribution in [1.82, 2.24) is 15.5 Å². The van der Waals surface area contributed by atoms with Crippen LogP contribution in [0.25, 0.3) is 0 Å². The zero-order chi connectivity index (χ0) is 10.6. The first-order valence-corrected chi connectivity index (χ1v) is 6.21. The Labute approximate surface area is 82.6 Å². The molecule has 0 unspecified atom stereocenters. The van der Waals surface area contributed by atoms with Crippen molar-refractivity contribution in [1.29, 1.82) is 0 Å². The largest absolute Gasteiger partial charge is 0.424 e. The molecule has 0 amide bonds. The number of aromatic nitrogens is 2. The summed E-state index contributed by atoms with van der Waals surface area (Å²) in [6, 6.07) is 0. The first-order valence-electron chi connectivity index (χ1n) is 4.15. The lowest BCUT2D eigenvalue weighted by Gasteiger charge is -1.99. The van der Waals surface area contributed by atoms with Gasteiger partial charge in [0.25, 0.3) is 0 Å². The molecule has 0 saturated carbocycles. The zero-order valence-corrected chi connectivity index (χ0v) is 8.97. The molecular weight excluding hydrogens is 206 g/mol. The molecule has 0 bridgehead atoms. The minimum absolute atomic E-state index is 0.111. The van der Waals surface area contributed by atoms with Crippen LogP contribution in [-0.4, -0.2) is 37.2 Å². The Kier molecular flexibility index (Phi) is 3.59. The maximum Gasteiger partial charge on any atom is 0.230 e. The second kappa shape index (κ2) is 4.52. The van der Waals surface area contributed by atoms with Gasteiger partial charge in [0.15, 0.2) is 0 Å². The predicted octanol–water partition coefficient (Wildman–Crippen LogP) is -0.488. The van der Waals surface area contributed by atoms with Gasteiger partial charge < -0.3 is 9.73 Å². The Morgan fingerprint density at radius 1 is 1.43 bits per heavy atom. The predicted molar refractivity (Wildman–Crippen MR) is 50.5 cm³/mol. The SMILES string of the molecule is Cc1nnc(CNCCS(C)(=O)=O)o1. The summed E-state index contributed by atoms with van der Waals surface area (Å²) < 4.78 is 26.6. The molecule has 0 atom stereocenters. The Morgan fingerprint density at radius 3 is 2.64 bits per heavy atom. The summed E-state index contributed by atoms with van der Waals surface area (Å²) in [7, 11) is -2.90. The molecule has 0 aromatic carbocycles. The molecule has 1 aromatic heterocycles. The molecule has 7 heteroatoms. The van der Waals surface area contributed by atoms with E-state index in [9.17, 15) is 8.42 Å². The van der Waals surface area contributed by atoms with Gasteiger partial charge in [0, 0.05) is 19.7 Å². The fraction of sp³-hybridized carbons (Fsp3) is 0.714.